The highest BCUT2D eigenvalue weighted by molar-refractivity contribution is 5.96. The Morgan fingerprint density at radius 2 is 1.79 bits per heavy atom. The molecule has 0 aliphatic carbocycles. The topological polar surface area (TPSA) is 41.4 Å². The Labute approximate surface area is 168 Å². The van der Waals surface area contributed by atoms with Crippen molar-refractivity contribution in [3.05, 3.63) is 76.6 Å². The normalized spacial score (nSPS) is 14.0. The second-order valence-electron chi connectivity index (χ2n) is 7.33. The second-order valence-corrected chi connectivity index (χ2v) is 7.33. The summed E-state index contributed by atoms with van der Waals surface area (Å²) in [6.45, 7) is 5.23. The second kappa shape index (κ2) is 7.31. The van der Waals surface area contributed by atoms with Crippen molar-refractivity contribution >= 4 is 11.6 Å². The average Bonchev–Trinajstić information content (AvgIpc) is 2.87. The maximum absolute atomic E-state index is 14.3. The van der Waals surface area contributed by atoms with Crippen molar-refractivity contribution in [2.45, 2.75) is 20.4 Å². The lowest BCUT2D eigenvalue weighted by molar-refractivity contribution is 0.0750. The number of para-hydroxylation sites is 1. The van der Waals surface area contributed by atoms with Gasteiger partial charge in [-0.25, -0.2) is 13.5 Å². The maximum atomic E-state index is 14.3. The first-order chi connectivity index (χ1) is 13.9. The number of benzene rings is 2. The van der Waals surface area contributed by atoms with Gasteiger partial charge in [0.25, 0.3) is 5.91 Å². The van der Waals surface area contributed by atoms with Crippen LogP contribution in [-0.2, 0) is 6.54 Å². The molecule has 5 nitrogen and oxygen atoms in total. The summed E-state index contributed by atoms with van der Waals surface area (Å²) in [5.41, 5.74) is 3.81. The smallest absolute Gasteiger partial charge is 0.257 e. The van der Waals surface area contributed by atoms with Gasteiger partial charge >= 0.3 is 0 Å². The number of hydrogen-bond donors (Lipinski definition) is 0. The zero-order valence-corrected chi connectivity index (χ0v) is 16.6. The molecule has 0 saturated heterocycles. The highest BCUT2D eigenvalue weighted by Gasteiger charge is 2.27. The molecule has 0 fully saturated rings. The van der Waals surface area contributed by atoms with Crippen LogP contribution in [0, 0.1) is 25.5 Å². The van der Waals surface area contributed by atoms with Gasteiger partial charge in [-0.2, -0.15) is 5.10 Å². The van der Waals surface area contributed by atoms with Gasteiger partial charge in [0.1, 0.15) is 11.5 Å². The number of anilines is 1. The van der Waals surface area contributed by atoms with Crippen molar-refractivity contribution in [2.75, 3.05) is 25.0 Å². The number of carbonyl (C=O) groups excluding carboxylic acids is 1. The summed E-state index contributed by atoms with van der Waals surface area (Å²) in [4.78, 5) is 17.3. The van der Waals surface area contributed by atoms with E-state index in [9.17, 15) is 13.6 Å². The molecular formula is C22H22F2N4O. The van der Waals surface area contributed by atoms with Crippen LogP contribution in [0.2, 0.25) is 0 Å². The zero-order valence-electron chi connectivity index (χ0n) is 16.6. The minimum atomic E-state index is -0.722. The standard InChI is InChI=1S/C22H22F2N4O/c1-14-21(15(2)28(25-14)20-9-8-17(23)12-18(20)24)22(29)27-11-10-26(3)19-7-5-4-6-16(19)13-27/h4-9,12H,10-11,13H2,1-3H3. The molecule has 0 saturated carbocycles. The molecular weight excluding hydrogens is 374 g/mol. The van der Waals surface area contributed by atoms with Crippen LogP contribution in [-0.4, -0.2) is 40.7 Å². The third kappa shape index (κ3) is 3.37. The summed E-state index contributed by atoms with van der Waals surface area (Å²) in [5.74, 6) is -1.52. The minimum Gasteiger partial charge on any atom is -0.373 e. The third-order valence-electron chi connectivity index (χ3n) is 5.40. The molecule has 1 aromatic heterocycles. The van der Waals surface area contributed by atoms with E-state index in [1.54, 1.807) is 18.7 Å². The molecule has 0 atom stereocenters. The monoisotopic (exact) mass is 396 g/mol. The lowest BCUT2D eigenvalue weighted by atomic mass is 10.1. The average molecular weight is 396 g/mol. The molecule has 1 aliphatic heterocycles. The molecule has 150 valence electrons. The number of carbonyl (C=O) groups is 1. The van der Waals surface area contributed by atoms with Crippen LogP contribution in [0.3, 0.4) is 0 Å². The first-order valence-corrected chi connectivity index (χ1v) is 9.46. The van der Waals surface area contributed by atoms with Gasteiger partial charge in [0.15, 0.2) is 5.82 Å². The van der Waals surface area contributed by atoms with Crippen LogP contribution in [0.25, 0.3) is 5.69 Å². The number of rotatable bonds is 2. The highest BCUT2D eigenvalue weighted by atomic mass is 19.1. The number of amides is 1. The van der Waals surface area contributed by atoms with Gasteiger partial charge in [-0.3, -0.25) is 4.79 Å². The number of aromatic nitrogens is 2. The summed E-state index contributed by atoms with van der Waals surface area (Å²) in [5, 5.41) is 4.37. The number of nitrogens with zero attached hydrogens (tertiary/aromatic N) is 4. The lowest BCUT2D eigenvalue weighted by Gasteiger charge is -2.21. The summed E-state index contributed by atoms with van der Waals surface area (Å²) in [7, 11) is 2.01. The molecule has 2 heterocycles. The molecule has 4 rings (SSSR count). The van der Waals surface area contributed by atoms with Gasteiger partial charge in [-0.15, -0.1) is 0 Å². The van der Waals surface area contributed by atoms with E-state index in [4.69, 9.17) is 0 Å². The number of likely N-dealkylation sites (N-methyl/N-ethyl adjacent to an activating group) is 1. The fourth-order valence-electron chi connectivity index (χ4n) is 3.86. The van der Waals surface area contributed by atoms with Crippen LogP contribution >= 0.6 is 0 Å². The van der Waals surface area contributed by atoms with Gasteiger partial charge in [0, 0.05) is 38.4 Å². The Kier molecular flexibility index (Phi) is 4.82. The Bertz CT molecular complexity index is 1090. The number of hydrogen-bond acceptors (Lipinski definition) is 3. The fraction of sp³-hybridized carbons (Fsp3) is 0.273. The van der Waals surface area contributed by atoms with Crippen molar-refractivity contribution < 1.29 is 13.6 Å². The van der Waals surface area contributed by atoms with Gasteiger partial charge in [0.2, 0.25) is 0 Å². The Morgan fingerprint density at radius 3 is 2.55 bits per heavy atom. The van der Waals surface area contributed by atoms with Crippen molar-refractivity contribution in [1.29, 1.82) is 0 Å². The predicted molar refractivity (Wildman–Crippen MR) is 107 cm³/mol. The van der Waals surface area contributed by atoms with Crippen LogP contribution in [0.15, 0.2) is 42.5 Å². The Balaban J connectivity index is 1.70. The number of aryl methyl sites for hydroxylation is 1. The van der Waals surface area contributed by atoms with Gasteiger partial charge < -0.3 is 9.80 Å². The summed E-state index contributed by atoms with van der Waals surface area (Å²) in [6, 6.07) is 11.3. The van der Waals surface area contributed by atoms with Crippen molar-refractivity contribution in [1.82, 2.24) is 14.7 Å². The van der Waals surface area contributed by atoms with E-state index in [0.29, 0.717) is 36.6 Å². The largest absolute Gasteiger partial charge is 0.373 e. The van der Waals surface area contributed by atoms with E-state index < -0.39 is 11.6 Å². The van der Waals surface area contributed by atoms with Crippen molar-refractivity contribution in [3.63, 3.8) is 0 Å². The molecule has 3 aromatic rings. The summed E-state index contributed by atoms with van der Waals surface area (Å²) >= 11 is 0. The van der Waals surface area contributed by atoms with E-state index in [2.05, 4.69) is 16.1 Å². The molecule has 7 heteroatoms. The molecule has 29 heavy (non-hydrogen) atoms. The number of halogens is 2. The van der Waals surface area contributed by atoms with Crippen molar-refractivity contribution in [3.8, 4) is 5.69 Å². The van der Waals surface area contributed by atoms with Crippen LogP contribution in [0.1, 0.15) is 27.3 Å². The van der Waals surface area contributed by atoms with E-state index in [0.717, 1.165) is 17.3 Å². The molecule has 0 radical (unpaired) electrons. The van der Waals surface area contributed by atoms with E-state index in [1.165, 1.54) is 16.8 Å². The first kappa shape index (κ1) is 19.1. The number of fused-ring (bicyclic) bond motifs is 1. The highest BCUT2D eigenvalue weighted by Crippen LogP contribution is 2.27. The SMILES string of the molecule is Cc1nn(-c2ccc(F)cc2F)c(C)c1C(=O)N1CCN(C)c2ccccc2C1. The molecule has 0 spiro atoms. The quantitative estimate of drug-likeness (QED) is 0.661. The van der Waals surface area contributed by atoms with E-state index in [-0.39, 0.29) is 11.6 Å². The van der Waals surface area contributed by atoms with Gasteiger partial charge in [0.05, 0.1) is 17.0 Å². The molecule has 0 N–H and O–H groups in total. The first-order valence-electron chi connectivity index (χ1n) is 9.46. The minimum absolute atomic E-state index is 0.118. The molecule has 0 unspecified atom stereocenters. The Morgan fingerprint density at radius 1 is 1.03 bits per heavy atom. The molecule has 2 aromatic carbocycles. The maximum Gasteiger partial charge on any atom is 0.257 e. The van der Waals surface area contributed by atoms with Gasteiger partial charge in [-0.1, -0.05) is 18.2 Å². The summed E-state index contributed by atoms with van der Waals surface area (Å²) < 4.78 is 28.9. The van der Waals surface area contributed by atoms with Crippen molar-refractivity contribution in [2.24, 2.45) is 0 Å². The third-order valence-corrected chi connectivity index (χ3v) is 5.40. The molecule has 1 amide bonds. The van der Waals surface area contributed by atoms with Crippen LogP contribution in [0.4, 0.5) is 14.5 Å². The summed E-state index contributed by atoms with van der Waals surface area (Å²) in [6.07, 6.45) is 0. The van der Waals surface area contributed by atoms with Gasteiger partial charge in [-0.05, 0) is 37.6 Å². The fourth-order valence-corrected chi connectivity index (χ4v) is 3.86. The lowest BCUT2D eigenvalue weighted by Crippen LogP contribution is -2.34. The van der Waals surface area contributed by atoms with E-state index in [1.807, 2.05) is 25.2 Å². The van der Waals surface area contributed by atoms with E-state index >= 15 is 0 Å². The molecule has 0 bridgehead atoms. The Hall–Kier alpha value is -3.22. The van der Waals surface area contributed by atoms with Crippen LogP contribution in [0.5, 0.6) is 0 Å². The van der Waals surface area contributed by atoms with Crippen LogP contribution < -0.4 is 4.90 Å². The zero-order chi connectivity index (χ0) is 20.7. The predicted octanol–water partition coefficient (Wildman–Crippen LogP) is 3.86. The molecule has 1 aliphatic rings.